The van der Waals surface area contributed by atoms with E-state index in [0.717, 1.165) is 24.0 Å². The summed E-state index contributed by atoms with van der Waals surface area (Å²) in [5, 5.41) is 9.47. The van der Waals surface area contributed by atoms with Crippen molar-refractivity contribution in [3.8, 4) is 0 Å². The fraction of sp³-hybridized carbons (Fsp3) is 0.417. The van der Waals surface area contributed by atoms with Crippen LogP contribution in [-0.4, -0.2) is 45.1 Å². The van der Waals surface area contributed by atoms with E-state index in [1.54, 1.807) is 19.5 Å². The number of aliphatic carboxylic acids is 1. The fourth-order valence-corrected chi connectivity index (χ4v) is 2.54. The van der Waals surface area contributed by atoms with Crippen LogP contribution in [-0.2, 0) is 16.1 Å². The first-order valence-corrected chi connectivity index (χ1v) is 6.84. The van der Waals surface area contributed by atoms with Gasteiger partial charge in [0.15, 0.2) is 5.16 Å². The minimum atomic E-state index is -0.848. The van der Waals surface area contributed by atoms with Gasteiger partial charge >= 0.3 is 5.97 Å². The average Bonchev–Trinajstić information content (AvgIpc) is 2.75. The highest BCUT2D eigenvalue weighted by Gasteiger charge is 2.12. The third-order valence-corrected chi connectivity index (χ3v) is 3.53. The third kappa shape index (κ3) is 3.45. The SMILES string of the molecule is COCCCn1c(SCC(=O)O)nc2cnccc21. The largest absolute Gasteiger partial charge is 0.481 e. The first-order chi connectivity index (χ1) is 9.22. The molecule has 0 saturated carbocycles. The predicted octanol–water partition coefficient (Wildman–Crippen LogP) is 1.64. The van der Waals surface area contributed by atoms with Crippen molar-refractivity contribution in [2.24, 2.45) is 0 Å². The Labute approximate surface area is 114 Å². The number of nitrogens with zero attached hydrogens (tertiary/aromatic N) is 3. The molecule has 0 bridgehead atoms. The number of imidazole rings is 1. The Balaban J connectivity index is 2.26. The summed E-state index contributed by atoms with van der Waals surface area (Å²) in [6, 6.07) is 1.89. The Morgan fingerprint density at radius 2 is 2.42 bits per heavy atom. The lowest BCUT2D eigenvalue weighted by atomic mass is 10.4. The molecule has 2 aromatic rings. The van der Waals surface area contributed by atoms with Crippen molar-refractivity contribution in [1.82, 2.24) is 14.5 Å². The lowest BCUT2D eigenvalue weighted by Gasteiger charge is -2.07. The van der Waals surface area contributed by atoms with Gasteiger partial charge in [-0.3, -0.25) is 9.78 Å². The summed E-state index contributed by atoms with van der Waals surface area (Å²) < 4.78 is 7.06. The van der Waals surface area contributed by atoms with Crippen LogP contribution in [0.5, 0.6) is 0 Å². The van der Waals surface area contributed by atoms with E-state index in [4.69, 9.17) is 9.84 Å². The summed E-state index contributed by atoms with van der Waals surface area (Å²) in [5.74, 6) is -0.847. The Kier molecular flexibility index (Phi) is 4.75. The predicted molar refractivity (Wildman–Crippen MR) is 72.4 cm³/mol. The summed E-state index contributed by atoms with van der Waals surface area (Å²) in [6.07, 6.45) is 4.25. The first-order valence-electron chi connectivity index (χ1n) is 5.86. The molecule has 0 aliphatic rings. The number of hydrogen-bond donors (Lipinski definition) is 1. The molecule has 0 aliphatic carbocycles. The number of carbonyl (C=O) groups is 1. The molecule has 0 unspecified atom stereocenters. The van der Waals surface area contributed by atoms with Gasteiger partial charge in [0.1, 0.15) is 5.52 Å². The number of thioether (sulfide) groups is 1. The molecule has 2 rings (SSSR count). The number of fused-ring (bicyclic) bond motifs is 1. The van der Waals surface area contributed by atoms with E-state index >= 15 is 0 Å². The summed E-state index contributed by atoms with van der Waals surface area (Å²) in [6.45, 7) is 1.41. The maximum atomic E-state index is 10.7. The molecule has 6 nitrogen and oxygen atoms in total. The van der Waals surface area contributed by atoms with Crippen molar-refractivity contribution in [2.45, 2.75) is 18.1 Å². The Morgan fingerprint density at radius 1 is 1.58 bits per heavy atom. The second-order valence-electron chi connectivity index (χ2n) is 3.94. The summed E-state index contributed by atoms with van der Waals surface area (Å²) in [7, 11) is 1.66. The van der Waals surface area contributed by atoms with Crippen molar-refractivity contribution in [2.75, 3.05) is 19.5 Å². The number of ether oxygens (including phenoxy) is 1. The maximum absolute atomic E-state index is 10.7. The van der Waals surface area contributed by atoms with Crippen LogP contribution in [0.25, 0.3) is 11.0 Å². The molecule has 0 saturated heterocycles. The normalized spacial score (nSPS) is 11.0. The van der Waals surface area contributed by atoms with Crippen LogP contribution in [0.4, 0.5) is 0 Å². The van der Waals surface area contributed by atoms with Crippen LogP contribution in [0.1, 0.15) is 6.42 Å². The molecule has 0 amide bonds. The Hall–Kier alpha value is -1.60. The molecule has 1 N–H and O–H groups in total. The monoisotopic (exact) mass is 281 g/mol. The molecule has 2 aromatic heterocycles. The van der Waals surface area contributed by atoms with Crippen LogP contribution in [0.2, 0.25) is 0 Å². The summed E-state index contributed by atoms with van der Waals surface area (Å²) in [4.78, 5) is 19.1. The van der Waals surface area contributed by atoms with Gasteiger partial charge in [-0.25, -0.2) is 4.98 Å². The van der Waals surface area contributed by atoms with Crippen molar-refractivity contribution in [3.05, 3.63) is 18.5 Å². The number of carboxylic acids is 1. The van der Waals surface area contributed by atoms with Gasteiger partial charge in [0.05, 0.1) is 17.5 Å². The zero-order valence-corrected chi connectivity index (χ0v) is 11.4. The number of pyridine rings is 1. The zero-order chi connectivity index (χ0) is 13.7. The second kappa shape index (κ2) is 6.53. The molecule has 0 spiro atoms. The molecule has 2 heterocycles. The van der Waals surface area contributed by atoms with Gasteiger partial charge in [-0.1, -0.05) is 11.8 Å². The van der Waals surface area contributed by atoms with Gasteiger partial charge < -0.3 is 14.4 Å². The number of methoxy groups -OCH3 is 1. The van der Waals surface area contributed by atoms with E-state index < -0.39 is 5.97 Å². The van der Waals surface area contributed by atoms with Crippen molar-refractivity contribution < 1.29 is 14.6 Å². The van der Waals surface area contributed by atoms with Gasteiger partial charge in [0.25, 0.3) is 0 Å². The lowest BCUT2D eigenvalue weighted by Crippen LogP contribution is -2.05. The molecule has 0 atom stereocenters. The van der Waals surface area contributed by atoms with Gasteiger partial charge in [-0.15, -0.1) is 0 Å². The van der Waals surface area contributed by atoms with Crippen molar-refractivity contribution in [1.29, 1.82) is 0 Å². The molecule has 102 valence electrons. The number of rotatable bonds is 7. The van der Waals surface area contributed by atoms with Crippen molar-refractivity contribution >= 4 is 28.8 Å². The van der Waals surface area contributed by atoms with E-state index in [9.17, 15) is 4.79 Å². The maximum Gasteiger partial charge on any atom is 0.313 e. The standard InChI is InChI=1S/C12H15N3O3S/c1-18-6-2-5-15-10-3-4-13-7-9(10)14-12(15)19-8-11(16)17/h3-4,7H,2,5-6,8H2,1H3,(H,16,17). The fourth-order valence-electron chi connectivity index (χ4n) is 1.78. The van der Waals surface area contributed by atoms with E-state index in [1.165, 1.54) is 11.8 Å². The van der Waals surface area contributed by atoms with Gasteiger partial charge in [0.2, 0.25) is 0 Å². The molecule has 7 heteroatoms. The van der Waals surface area contributed by atoms with E-state index in [2.05, 4.69) is 9.97 Å². The van der Waals surface area contributed by atoms with E-state index in [0.29, 0.717) is 11.8 Å². The number of aryl methyl sites for hydroxylation is 1. The van der Waals surface area contributed by atoms with Crippen LogP contribution in [0.3, 0.4) is 0 Å². The highest BCUT2D eigenvalue weighted by molar-refractivity contribution is 7.99. The highest BCUT2D eigenvalue weighted by atomic mass is 32.2. The van der Waals surface area contributed by atoms with Crippen LogP contribution in [0, 0.1) is 0 Å². The lowest BCUT2D eigenvalue weighted by molar-refractivity contribution is -0.133. The molecule has 0 radical (unpaired) electrons. The van der Waals surface area contributed by atoms with Gasteiger partial charge in [0, 0.05) is 26.5 Å². The van der Waals surface area contributed by atoms with Gasteiger partial charge in [-0.2, -0.15) is 0 Å². The summed E-state index contributed by atoms with van der Waals surface area (Å²) >= 11 is 1.22. The first kappa shape index (κ1) is 13.8. The van der Waals surface area contributed by atoms with Crippen LogP contribution < -0.4 is 0 Å². The Morgan fingerprint density at radius 3 is 3.16 bits per heavy atom. The summed E-state index contributed by atoms with van der Waals surface area (Å²) in [5.41, 5.74) is 1.76. The topological polar surface area (TPSA) is 77.2 Å². The second-order valence-corrected chi connectivity index (χ2v) is 4.88. The average molecular weight is 281 g/mol. The quantitative estimate of drug-likeness (QED) is 0.614. The Bertz CT molecular complexity index is 570. The molecule has 0 aromatic carbocycles. The number of aromatic nitrogens is 3. The van der Waals surface area contributed by atoms with Gasteiger partial charge in [-0.05, 0) is 12.5 Å². The molecular weight excluding hydrogens is 266 g/mol. The smallest absolute Gasteiger partial charge is 0.313 e. The number of hydrogen-bond acceptors (Lipinski definition) is 5. The van der Waals surface area contributed by atoms with Crippen LogP contribution in [0.15, 0.2) is 23.6 Å². The minimum Gasteiger partial charge on any atom is -0.481 e. The van der Waals surface area contributed by atoms with E-state index in [-0.39, 0.29) is 5.75 Å². The number of carboxylic acid groups (broad SMARTS) is 1. The third-order valence-electron chi connectivity index (χ3n) is 2.57. The molecule has 0 fully saturated rings. The molecule has 0 aliphatic heterocycles. The highest BCUT2D eigenvalue weighted by Crippen LogP contribution is 2.23. The minimum absolute atomic E-state index is 0.00102. The van der Waals surface area contributed by atoms with Crippen LogP contribution >= 0.6 is 11.8 Å². The van der Waals surface area contributed by atoms with E-state index in [1.807, 2.05) is 10.6 Å². The van der Waals surface area contributed by atoms with Crippen molar-refractivity contribution in [3.63, 3.8) is 0 Å². The zero-order valence-electron chi connectivity index (χ0n) is 10.6. The molecule has 19 heavy (non-hydrogen) atoms. The molecular formula is C12H15N3O3S.